The maximum Gasteiger partial charge on any atom is 0.387 e. The van der Waals surface area contributed by atoms with Gasteiger partial charge in [0.1, 0.15) is 23.8 Å². The molecule has 2 aromatic rings. The average molecular weight is 552 g/mol. The zero-order chi connectivity index (χ0) is 27.8. The Morgan fingerprint density at radius 3 is 2.61 bits per heavy atom. The van der Waals surface area contributed by atoms with Gasteiger partial charge in [-0.3, -0.25) is 14.3 Å². The number of aromatic nitrogens is 2. The zero-order valence-electron chi connectivity index (χ0n) is 21.6. The molecule has 0 radical (unpaired) electrons. The van der Waals surface area contributed by atoms with Crippen molar-refractivity contribution in [2.75, 3.05) is 52.6 Å². The molecule has 0 spiro atoms. The van der Waals surface area contributed by atoms with Gasteiger partial charge in [0.2, 0.25) is 5.91 Å². The smallest absolute Gasteiger partial charge is 0.387 e. The molecule has 1 aromatic heterocycles. The van der Waals surface area contributed by atoms with Crippen LogP contribution in [-0.4, -0.2) is 85.3 Å². The first-order chi connectivity index (χ1) is 18.2. The number of halogens is 3. The monoisotopic (exact) mass is 551 g/mol. The highest BCUT2D eigenvalue weighted by Gasteiger charge is 2.24. The van der Waals surface area contributed by atoms with Gasteiger partial charge in [-0.25, -0.2) is 0 Å². The molecular weight excluding hydrogens is 520 g/mol. The molecule has 0 saturated carbocycles. The second-order valence-electron chi connectivity index (χ2n) is 8.59. The number of hydrogen-bond donors (Lipinski definition) is 3. The second-order valence-corrected chi connectivity index (χ2v) is 9.03. The van der Waals surface area contributed by atoms with Crippen LogP contribution in [0.3, 0.4) is 0 Å². The summed E-state index contributed by atoms with van der Waals surface area (Å²) < 4.78 is 32.4. The second kappa shape index (κ2) is 13.2. The van der Waals surface area contributed by atoms with Crippen LogP contribution in [0.1, 0.15) is 6.42 Å². The Kier molecular flexibility index (Phi) is 10.1. The summed E-state index contributed by atoms with van der Waals surface area (Å²) in [7, 11) is 5.28. The predicted octanol–water partition coefficient (Wildman–Crippen LogP) is 2.74. The summed E-state index contributed by atoms with van der Waals surface area (Å²) in [5.41, 5.74) is 0.611. The Balaban J connectivity index is 2.02. The molecule has 0 atom stereocenters. The van der Waals surface area contributed by atoms with Crippen molar-refractivity contribution < 1.29 is 23.1 Å². The molecule has 10 nitrogen and oxygen atoms in total. The third-order valence-electron chi connectivity index (χ3n) is 6.01. The van der Waals surface area contributed by atoms with Crippen molar-refractivity contribution in [1.82, 2.24) is 30.2 Å². The molecule has 1 fully saturated rings. The number of hydrogen-bond acceptors (Lipinski definition) is 7. The van der Waals surface area contributed by atoms with E-state index >= 15 is 0 Å². The molecule has 3 N–H and O–H groups in total. The van der Waals surface area contributed by atoms with E-state index in [1.165, 1.54) is 35.2 Å². The molecule has 0 unspecified atom stereocenters. The van der Waals surface area contributed by atoms with Gasteiger partial charge in [-0.05, 0) is 38.2 Å². The Hall–Kier alpha value is -3.64. The Labute approximate surface area is 225 Å². The van der Waals surface area contributed by atoms with Crippen molar-refractivity contribution in [1.29, 1.82) is 0 Å². The largest absolute Gasteiger partial charge is 0.434 e. The quantitative estimate of drug-likeness (QED) is 0.308. The highest BCUT2D eigenvalue weighted by atomic mass is 35.5. The van der Waals surface area contributed by atoms with Gasteiger partial charge >= 0.3 is 6.61 Å². The van der Waals surface area contributed by atoms with E-state index in [1.807, 2.05) is 7.05 Å². The molecule has 0 aliphatic carbocycles. The molecular formula is C25H32ClF2N7O3. The lowest BCUT2D eigenvalue weighted by Crippen LogP contribution is -2.36. The van der Waals surface area contributed by atoms with Crippen molar-refractivity contribution in [2.24, 2.45) is 0 Å². The highest BCUT2D eigenvalue weighted by molar-refractivity contribution is 6.31. The van der Waals surface area contributed by atoms with E-state index in [1.54, 1.807) is 19.0 Å². The van der Waals surface area contributed by atoms with E-state index in [0.717, 1.165) is 19.5 Å². The summed E-state index contributed by atoms with van der Waals surface area (Å²) in [5, 5.41) is 13.2. The summed E-state index contributed by atoms with van der Waals surface area (Å²) in [6.07, 6.45) is 3.69. The van der Waals surface area contributed by atoms with Crippen molar-refractivity contribution in [3.8, 4) is 17.0 Å². The normalized spacial score (nSPS) is 14.0. The molecule has 1 aliphatic rings. The lowest BCUT2D eigenvalue weighted by Gasteiger charge is -2.20. The summed E-state index contributed by atoms with van der Waals surface area (Å²) in [5.74, 6) is -0.462. The molecule has 13 heteroatoms. The number of rotatable bonds is 10. The number of carbonyl (C=O) groups is 2. The molecule has 2 heterocycles. The van der Waals surface area contributed by atoms with Crippen LogP contribution in [0.25, 0.3) is 11.3 Å². The molecule has 206 valence electrons. The Morgan fingerprint density at radius 1 is 1.21 bits per heavy atom. The summed E-state index contributed by atoms with van der Waals surface area (Å²) in [6, 6.07) is 4.11. The number of likely N-dealkylation sites (N-methyl/N-ethyl adjacent to an activating group) is 1. The summed E-state index contributed by atoms with van der Waals surface area (Å²) >= 11 is 6.17. The van der Waals surface area contributed by atoms with Crippen molar-refractivity contribution in [3.63, 3.8) is 0 Å². The van der Waals surface area contributed by atoms with Crippen LogP contribution in [0.15, 0.2) is 48.4 Å². The SMILES string of the molecule is C=CC(C(=O)Nc1cn(CC(=O)N2CCCN(C)CC2)nc1-c1cc(Cl)ccc1OC(F)F)=C(NC)NC. The van der Waals surface area contributed by atoms with Gasteiger partial charge < -0.3 is 30.5 Å². The summed E-state index contributed by atoms with van der Waals surface area (Å²) in [6.45, 7) is 3.34. The number of benzene rings is 1. The first kappa shape index (κ1) is 28.9. The Morgan fingerprint density at radius 2 is 1.95 bits per heavy atom. The van der Waals surface area contributed by atoms with Gasteiger partial charge in [0.05, 0.1) is 11.3 Å². The molecule has 1 aliphatic heterocycles. The van der Waals surface area contributed by atoms with Crippen molar-refractivity contribution in [3.05, 3.63) is 53.5 Å². The number of amides is 2. The van der Waals surface area contributed by atoms with Crippen LogP contribution in [0.4, 0.5) is 14.5 Å². The number of nitrogens with one attached hydrogen (secondary N) is 3. The van der Waals surface area contributed by atoms with E-state index in [4.69, 9.17) is 11.6 Å². The number of carbonyl (C=O) groups excluding carboxylic acids is 2. The van der Waals surface area contributed by atoms with Crippen LogP contribution >= 0.6 is 11.6 Å². The molecule has 3 rings (SSSR count). The van der Waals surface area contributed by atoms with Gasteiger partial charge in [0.25, 0.3) is 5.91 Å². The third kappa shape index (κ3) is 7.23. The van der Waals surface area contributed by atoms with E-state index in [0.29, 0.717) is 18.9 Å². The van der Waals surface area contributed by atoms with E-state index in [2.05, 4.69) is 37.3 Å². The van der Waals surface area contributed by atoms with Crippen LogP contribution in [-0.2, 0) is 16.1 Å². The lowest BCUT2D eigenvalue weighted by molar-refractivity contribution is -0.131. The maximum atomic E-state index is 13.2. The fourth-order valence-corrected chi connectivity index (χ4v) is 4.28. The molecule has 38 heavy (non-hydrogen) atoms. The Bertz CT molecular complexity index is 1200. The lowest BCUT2D eigenvalue weighted by atomic mass is 10.1. The first-order valence-corrected chi connectivity index (χ1v) is 12.4. The van der Waals surface area contributed by atoms with Crippen LogP contribution < -0.4 is 20.7 Å². The van der Waals surface area contributed by atoms with Crippen molar-refractivity contribution >= 4 is 29.1 Å². The minimum absolute atomic E-state index is 0.110. The molecule has 0 bridgehead atoms. The summed E-state index contributed by atoms with van der Waals surface area (Å²) in [4.78, 5) is 30.1. The maximum absolute atomic E-state index is 13.2. The number of anilines is 1. The first-order valence-electron chi connectivity index (χ1n) is 12.0. The minimum atomic E-state index is -3.10. The fourth-order valence-electron chi connectivity index (χ4n) is 4.11. The van der Waals surface area contributed by atoms with Gasteiger partial charge in [-0.15, -0.1) is 0 Å². The number of nitrogens with zero attached hydrogens (tertiary/aromatic N) is 4. The van der Waals surface area contributed by atoms with E-state index < -0.39 is 12.5 Å². The third-order valence-corrected chi connectivity index (χ3v) is 6.25. The minimum Gasteiger partial charge on any atom is -0.434 e. The highest BCUT2D eigenvalue weighted by Crippen LogP contribution is 2.37. The topological polar surface area (TPSA) is 104 Å². The number of ether oxygens (including phenoxy) is 1. The molecule has 1 saturated heterocycles. The predicted molar refractivity (Wildman–Crippen MR) is 142 cm³/mol. The van der Waals surface area contributed by atoms with Crippen molar-refractivity contribution in [2.45, 2.75) is 19.6 Å². The molecule has 2 amide bonds. The van der Waals surface area contributed by atoms with Crippen LogP contribution in [0, 0.1) is 0 Å². The van der Waals surface area contributed by atoms with E-state index in [-0.39, 0.29) is 45.7 Å². The zero-order valence-corrected chi connectivity index (χ0v) is 22.3. The number of alkyl halides is 2. The van der Waals surface area contributed by atoms with Crippen LogP contribution in [0.2, 0.25) is 5.02 Å². The van der Waals surface area contributed by atoms with E-state index in [9.17, 15) is 18.4 Å². The van der Waals surface area contributed by atoms with Gasteiger partial charge in [-0.1, -0.05) is 24.3 Å². The van der Waals surface area contributed by atoms with Gasteiger partial charge in [0, 0.05) is 50.5 Å². The average Bonchev–Trinajstić information content (AvgIpc) is 3.12. The fraction of sp³-hybridized carbons (Fsp3) is 0.400. The van der Waals surface area contributed by atoms with Gasteiger partial charge in [-0.2, -0.15) is 13.9 Å². The van der Waals surface area contributed by atoms with Gasteiger partial charge in [0.15, 0.2) is 0 Å². The van der Waals surface area contributed by atoms with Crippen LogP contribution in [0.5, 0.6) is 5.75 Å². The standard InChI is InChI=1S/C25H32ClF2N7O3/c1-5-17(23(29-2)30-3)24(37)31-19-14-35(15-21(36)34-10-6-9-33(4)11-12-34)32-22(19)18-13-16(26)7-8-20(18)38-25(27)28/h5,7-8,13-14,25,29-30H,1,6,9-12,15H2,2-4H3,(H,31,37). The molecule has 1 aromatic carbocycles.